The van der Waals surface area contributed by atoms with Gasteiger partial charge in [0.1, 0.15) is 5.52 Å². The van der Waals surface area contributed by atoms with Gasteiger partial charge in [0.25, 0.3) is 0 Å². The van der Waals surface area contributed by atoms with Crippen LogP contribution in [-0.2, 0) is 6.42 Å². The molecule has 0 aliphatic carbocycles. The SMILES string of the molecule is CCc1cc(C(C)C)c2[nH]nnc2c1. The van der Waals surface area contributed by atoms with Crippen molar-refractivity contribution in [2.75, 3.05) is 0 Å². The summed E-state index contributed by atoms with van der Waals surface area (Å²) in [6, 6.07) is 4.34. The number of rotatable bonds is 2. The van der Waals surface area contributed by atoms with E-state index >= 15 is 0 Å². The highest BCUT2D eigenvalue weighted by molar-refractivity contribution is 5.78. The predicted molar refractivity (Wildman–Crippen MR) is 57.4 cm³/mol. The number of hydrogen-bond donors (Lipinski definition) is 1. The van der Waals surface area contributed by atoms with E-state index in [0.29, 0.717) is 5.92 Å². The monoisotopic (exact) mass is 189 g/mol. The maximum atomic E-state index is 4.06. The van der Waals surface area contributed by atoms with E-state index in [1.165, 1.54) is 11.1 Å². The lowest BCUT2D eigenvalue weighted by molar-refractivity contribution is 0.865. The molecule has 1 N–H and O–H groups in total. The van der Waals surface area contributed by atoms with Crippen LogP contribution in [0.15, 0.2) is 12.1 Å². The van der Waals surface area contributed by atoms with Gasteiger partial charge in [0, 0.05) is 0 Å². The summed E-state index contributed by atoms with van der Waals surface area (Å²) in [5.74, 6) is 0.506. The molecule has 0 unspecified atom stereocenters. The highest BCUT2D eigenvalue weighted by Gasteiger charge is 2.09. The van der Waals surface area contributed by atoms with Crippen molar-refractivity contribution >= 4 is 11.0 Å². The quantitative estimate of drug-likeness (QED) is 0.789. The third-order valence-corrected chi connectivity index (χ3v) is 2.56. The largest absolute Gasteiger partial charge is 0.257 e. The average molecular weight is 189 g/mol. The number of nitrogens with one attached hydrogen (secondary N) is 1. The molecule has 0 spiro atoms. The summed E-state index contributed by atoms with van der Waals surface area (Å²) >= 11 is 0. The van der Waals surface area contributed by atoms with Gasteiger partial charge in [-0.1, -0.05) is 32.1 Å². The van der Waals surface area contributed by atoms with E-state index in [1.807, 2.05) is 0 Å². The standard InChI is InChI=1S/C11H15N3/c1-4-8-5-9(7(2)3)11-10(6-8)12-14-13-11/h5-7H,4H2,1-3H3,(H,12,13,14). The minimum absolute atomic E-state index is 0.506. The van der Waals surface area contributed by atoms with Gasteiger partial charge in [-0.3, -0.25) is 5.10 Å². The van der Waals surface area contributed by atoms with Crippen molar-refractivity contribution in [1.29, 1.82) is 0 Å². The van der Waals surface area contributed by atoms with E-state index in [-0.39, 0.29) is 0 Å². The van der Waals surface area contributed by atoms with Crippen LogP contribution in [0.1, 0.15) is 37.8 Å². The molecular formula is C11H15N3. The first-order valence-electron chi connectivity index (χ1n) is 5.06. The van der Waals surface area contributed by atoms with Crippen molar-refractivity contribution in [2.24, 2.45) is 0 Å². The molecule has 0 saturated carbocycles. The van der Waals surface area contributed by atoms with Crippen LogP contribution < -0.4 is 0 Å². The number of hydrogen-bond acceptors (Lipinski definition) is 2. The molecule has 0 radical (unpaired) electrons. The number of aromatic nitrogens is 3. The molecule has 1 heterocycles. The van der Waals surface area contributed by atoms with E-state index in [9.17, 15) is 0 Å². The lowest BCUT2D eigenvalue weighted by atomic mass is 9.98. The lowest BCUT2D eigenvalue weighted by Crippen LogP contribution is -1.92. The fourth-order valence-electron chi connectivity index (χ4n) is 1.70. The van der Waals surface area contributed by atoms with Gasteiger partial charge in [-0.15, -0.1) is 5.10 Å². The molecule has 0 bridgehead atoms. The van der Waals surface area contributed by atoms with Gasteiger partial charge >= 0.3 is 0 Å². The van der Waals surface area contributed by atoms with E-state index in [0.717, 1.165) is 17.5 Å². The molecule has 0 fully saturated rings. The van der Waals surface area contributed by atoms with Crippen LogP contribution in [0.4, 0.5) is 0 Å². The van der Waals surface area contributed by atoms with Gasteiger partial charge in [0.15, 0.2) is 0 Å². The molecule has 3 heteroatoms. The second-order valence-electron chi connectivity index (χ2n) is 3.90. The number of fused-ring (bicyclic) bond motifs is 1. The van der Waals surface area contributed by atoms with Gasteiger partial charge < -0.3 is 0 Å². The maximum absolute atomic E-state index is 4.06. The van der Waals surface area contributed by atoms with E-state index in [4.69, 9.17) is 0 Å². The van der Waals surface area contributed by atoms with Crippen LogP contribution in [0.5, 0.6) is 0 Å². The van der Waals surface area contributed by atoms with Crippen molar-refractivity contribution in [3.63, 3.8) is 0 Å². The van der Waals surface area contributed by atoms with E-state index in [1.54, 1.807) is 0 Å². The normalized spacial score (nSPS) is 11.4. The van der Waals surface area contributed by atoms with Crippen LogP contribution >= 0.6 is 0 Å². The third kappa shape index (κ3) is 1.39. The fraction of sp³-hybridized carbons (Fsp3) is 0.455. The van der Waals surface area contributed by atoms with E-state index in [2.05, 4.69) is 48.3 Å². The van der Waals surface area contributed by atoms with Crippen LogP contribution in [0.25, 0.3) is 11.0 Å². The molecule has 0 saturated heterocycles. The molecule has 0 aliphatic heterocycles. The van der Waals surface area contributed by atoms with Crippen LogP contribution in [0.2, 0.25) is 0 Å². The Morgan fingerprint density at radius 1 is 1.36 bits per heavy atom. The Hall–Kier alpha value is -1.38. The summed E-state index contributed by atoms with van der Waals surface area (Å²) in [6.45, 7) is 6.54. The first-order valence-corrected chi connectivity index (χ1v) is 5.06. The number of H-pyrrole nitrogens is 1. The topological polar surface area (TPSA) is 41.6 Å². The summed E-state index contributed by atoms with van der Waals surface area (Å²) in [7, 11) is 0. The molecule has 2 rings (SSSR count). The van der Waals surface area contributed by atoms with Crippen molar-refractivity contribution in [3.8, 4) is 0 Å². The van der Waals surface area contributed by atoms with E-state index < -0.39 is 0 Å². The minimum atomic E-state index is 0.506. The Kier molecular flexibility index (Phi) is 2.23. The first kappa shape index (κ1) is 9.19. The van der Waals surface area contributed by atoms with Gasteiger partial charge in [0.2, 0.25) is 0 Å². The minimum Gasteiger partial charge on any atom is -0.257 e. The molecular weight excluding hydrogens is 174 g/mol. The molecule has 3 nitrogen and oxygen atoms in total. The highest BCUT2D eigenvalue weighted by Crippen LogP contribution is 2.24. The zero-order valence-corrected chi connectivity index (χ0v) is 8.83. The van der Waals surface area contributed by atoms with Gasteiger partial charge in [-0.25, -0.2) is 0 Å². The van der Waals surface area contributed by atoms with Crippen LogP contribution in [0.3, 0.4) is 0 Å². The number of benzene rings is 1. The molecule has 1 aromatic heterocycles. The number of aryl methyl sites for hydroxylation is 1. The zero-order chi connectivity index (χ0) is 10.1. The molecule has 2 aromatic rings. The first-order chi connectivity index (χ1) is 6.72. The second kappa shape index (κ2) is 3.40. The molecule has 0 atom stereocenters. The lowest BCUT2D eigenvalue weighted by Gasteiger charge is -2.08. The summed E-state index contributed by atoms with van der Waals surface area (Å²) in [5, 5.41) is 10.9. The Bertz CT molecular complexity index is 443. The Morgan fingerprint density at radius 3 is 2.79 bits per heavy atom. The molecule has 1 aromatic carbocycles. The number of aromatic amines is 1. The second-order valence-corrected chi connectivity index (χ2v) is 3.90. The van der Waals surface area contributed by atoms with Crippen molar-refractivity contribution < 1.29 is 0 Å². The summed E-state index contributed by atoms with van der Waals surface area (Å²) in [6.07, 6.45) is 1.04. The zero-order valence-electron chi connectivity index (χ0n) is 8.83. The molecule has 0 aliphatic rings. The predicted octanol–water partition coefficient (Wildman–Crippen LogP) is 2.64. The van der Waals surface area contributed by atoms with Gasteiger partial charge in [0.05, 0.1) is 5.52 Å². The number of nitrogens with zero attached hydrogens (tertiary/aromatic N) is 2. The summed E-state index contributed by atoms with van der Waals surface area (Å²) in [5.41, 5.74) is 4.70. The molecule has 14 heavy (non-hydrogen) atoms. The maximum Gasteiger partial charge on any atom is 0.113 e. The Morgan fingerprint density at radius 2 is 2.14 bits per heavy atom. The smallest absolute Gasteiger partial charge is 0.113 e. The molecule has 0 amide bonds. The van der Waals surface area contributed by atoms with Crippen molar-refractivity contribution in [2.45, 2.75) is 33.1 Å². The summed E-state index contributed by atoms with van der Waals surface area (Å²) < 4.78 is 0. The van der Waals surface area contributed by atoms with Crippen molar-refractivity contribution in [1.82, 2.24) is 15.4 Å². The highest BCUT2D eigenvalue weighted by atomic mass is 15.3. The van der Waals surface area contributed by atoms with Gasteiger partial charge in [-0.2, -0.15) is 0 Å². The third-order valence-electron chi connectivity index (χ3n) is 2.56. The molecule has 74 valence electrons. The average Bonchev–Trinajstić information content (AvgIpc) is 2.63. The Labute approximate surface area is 83.5 Å². The Balaban J connectivity index is 2.70. The van der Waals surface area contributed by atoms with Gasteiger partial charge in [-0.05, 0) is 29.5 Å². The van der Waals surface area contributed by atoms with Crippen LogP contribution in [0, 0.1) is 0 Å². The van der Waals surface area contributed by atoms with Crippen molar-refractivity contribution in [3.05, 3.63) is 23.3 Å². The summed E-state index contributed by atoms with van der Waals surface area (Å²) in [4.78, 5) is 0. The fourth-order valence-corrected chi connectivity index (χ4v) is 1.70. The van der Waals surface area contributed by atoms with Crippen LogP contribution in [-0.4, -0.2) is 15.4 Å².